The third-order valence-electron chi connectivity index (χ3n) is 2.95. The Labute approximate surface area is 126 Å². The Bertz CT molecular complexity index is 737. The van der Waals surface area contributed by atoms with E-state index in [2.05, 4.69) is 15.3 Å². The van der Waals surface area contributed by atoms with E-state index in [0.29, 0.717) is 6.61 Å². The van der Waals surface area contributed by atoms with Gasteiger partial charge in [0.05, 0.1) is 6.21 Å². The minimum Gasteiger partial charge on any atom is -0.489 e. The SMILES string of the molecule is Fc1ccc(COc2ccc(/C=N/n3cnnc3)cc2)cc1. The second-order valence-corrected chi connectivity index (χ2v) is 4.57. The van der Waals surface area contributed by atoms with Crippen molar-refractivity contribution < 1.29 is 9.13 Å². The first-order chi connectivity index (χ1) is 10.8. The average Bonchev–Trinajstić information content (AvgIpc) is 3.07. The molecule has 0 fully saturated rings. The molecule has 0 radical (unpaired) electrons. The minimum absolute atomic E-state index is 0.250. The third-order valence-corrected chi connectivity index (χ3v) is 2.95. The van der Waals surface area contributed by atoms with E-state index in [1.165, 1.54) is 29.5 Å². The van der Waals surface area contributed by atoms with E-state index in [1.807, 2.05) is 24.3 Å². The van der Waals surface area contributed by atoms with E-state index >= 15 is 0 Å². The van der Waals surface area contributed by atoms with Crippen LogP contribution < -0.4 is 4.74 Å². The number of nitrogens with zero attached hydrogens (tertiary/aromatic N) is 4. The first-order valence-electron chi connectivity index (χ1n) is 6.66. The van der Waals surface area contributed by atoms with Crippen LogP contribution in [0.25, 0.3) is 0 Å². The maximum Gasteiger partial charge on any atom is 0.141 e. The number of hydrogen-bond donors (Lipinski definition) is 0. The fourth-order valence-corrected chi connectivity index (χ4v) is 1.79. The summed E-state index contributed by atoms with van der Waals surface area (Å²) in [5, 5.41) is 11.5. The molecule has 0 spiro atoms. The lowest BCUT2D eigenvalue weighted by molar-refractivity contribution is 0.306. The number of halogens is 1. The van der Waals surface area contributed by atoms with Crippen LogP contribution in [-0.4, -0.2) is 21.1 Å². The van der Waals surface area contributed by atoms with E-state index < -0.39 is 0 Å². The maximum absolute atomic E-state index is 12.8. The first kappa shape index (κ1) is 13.9. The van der Waals surface area contributed by atoms with Gasteiger partial charge >= 0.3 is 0 Å². The summed E-state index contributed by atoms with van der Waals surface area (Å²) >= 11 is 0. The molecule has 3 aromatic rings. The number of aromatic nitrogens is 3. The quantitative estimate of drug-likeness (QED) is 0.680. The highest BCUT2D eigenvalue weighted by molar-refractivity contribution is 5.79. The Morgan fingerprint density at radius 3 is 2.36 bits per heavy atom. The van der Waals surface area contributed by atoms with Gasteiger partial charge < -0.3 is 4.74 Å². The van der Waals surface area contributed by atoms with E-state index in [0.717, 1.165) is 16.9 Å². The van der Waals surface area contributed by atoms with E-state index in [4.69, 9.17) is 4.74 Å². The molecule has 0 saturated heterocycles. The Balaban J connectivity index is 1.58. The van der Waals surface area contributed by atoms with E-state index in [1.54, 1.807) is 18.3 Å². The van der Waals surface area contributed by atoms with E-state index in [-0.39, 0.29) is 5.82 Å². The smallest absolute Gasteiger partial charge is 0.141 e. The lowest BCUT2D eigenvalue weighted by atomic mass is 10.2. The van der Waals surface area contributed by atoms with Crippen LogP contribution in [-0.2, 0) is 6.61 Å². The molecular formula is C16H13FN4O. The zero-order valence-electron chi connectivity index (χ0n) is 11.6. The predicted molar refractivity (Wildman–Crippen MR) is 80.2 cm³/mol. The molecule has 0 unspecified atom stereocenters. The van der Waals surface area contributed by atoms with Gasteiger partial charge in [0, 0.05) is 0 Å². The molecule has 0 aliphatic carbocycles. The molecule has 0 N–H and O–H groups in total. The van der Waals surface area contributed by atoms with Gasteiger partial charge in [-0.3, -0.25) is 0 Å². The second-order valence-electron chi connectivity index (χ2n) is 4.57. The molecule has 0 atom stereocenters. The van der Waals surface area contributed by atoms with Crippen molar-refractivity contribution in [3.05, 3.63) is 78.1 Å². The van der Waals surface area contributed by atoms with Gasteiger partial charge in [-0.05, 0) is 47.5 Å². The third kappa shape index (κ3) is 3.76. The van der Waals surface area contributed by atoms with Crippen LogP contribution in [0.4, 0.5) is 4.39 Å². The molecule has 0 amide bonds. The molecule has 3 rings (SSSR count). The molecular weight excluding hydrogens is 283 g/mol. The zero-order valence-corrected chi connectivity index (χ0v) is 11.6. The summed E-state index contributed by atoms with van der Waals surface area (Å²) in [7, 11) is 0. The van der Waals surface area contributed by atoms with Crippen LogP contribution in [0.5, 0.6) is 5.75 Å². The van der Waals surface area contributed by atoms with Crippen molar-refractivity contribution in [1.29, 1.82) is 0 Å². The van der Waals surface area contributed by atoms with Gasteiger partial charge in [-0.1, -0.05) is 12.1 Å². The van der Waals surface area contributed by atoms with Gasteiger partial charge in [-0.2, -0.15) is 5.10 Å². The van der Waals surface area contributed by atoms with Gasteiger partial charge in [-0.25, -0.2) is 9.07 Å². The molecule has 2 aromatic carbocycles. The highest BCUT2D eigenvalue weighted by Crippen LogP contribution is 2.14. The molecule has 0 bridgehead atoms. The molecule has 1 heterocycles. The van der Waals surface area contributed by atoms with Crippen molar-refractivity contribution in [2.24, 2.45) is 5.10 Å². The Morgan fingerprint density at radius 1 is 1.00 bits per heavy atom. The Kier molecular flexibility index (Phi) is 4.20. The number of hydrogen-bond acceptors (Lipinski definition) is 4. The fourth-order valence-electron chi connectivity index (χ4n) is 1.79. The summed E-state index contributed by atoms with van der Waals surface area (Å²) in [5.74, 6) is 0.492. The van der Waals surface area contributed by atoms with Crippen molar-refractivity contribution >= 4 is 6.21 Å². The number of ether oxygens (including phenoxy) is 1. The second kappa shape index (κ2) is 6.62. The lowest BCUT2D eigenvalue weighted by Crippen LogP contribution is -1.95. The molecule has 5 nitrogen and oxygen atoms in total. The minimum atomic E-state index is -0.250. The standard InChI is InChI=1S/C16H13FN4O/c17-15-5-1-14(2-6-15)10-22-16-7-3-13(4-8-16)9-20-21-11-18-19-12-21/h1-9,11-12H,10H2/b20-9+. The molecule has 0 aliphatic heterocycles. The normalized spacial score (nSPS) is 11.0. The highest BCUT2D eigenvalue weighted by atomic mass is 19.1. The van der Waals surface area contributed by atoms with Crippen LogP contribution in [0, 0.1) is 5.82 Å². The maximum atomic E-state index is 12.8. The van der Waals surface area contributed by atoms with Crippen LogP contribution in [0.3, 0.4) is 0 Å². The van der Waals surface area contributed by atoms with Crippen molar-refractivity contribution in [1.82, 2.24) is 14.9 Å². The number of benzene rings is 2. The molecule has 0 aliphatic rings. The van der Waals surface area contributed by atoms with Gasteiger partial charge in [0.2, 0.25) is 0 Å². The summed E-state index contributed by atoms with van der Waals surface area (Å²) < 4.78 is 20.0. The Hall–Kier alpha value is -3.02. The lowest BCUT2D eigenvalue weighted by Gasteiger charge is -2.06. The Morgan fingerprint density at radius 2 is 1.68 bits per heavy atom. The molecule has 22 heavy (non-hydrogen) atoms. The fraction of sp³-hybridized carbons (Fsp3) is 0.0625. The number of rotatable bonds is 5. The van der Waals surface area contributed by atoms with Crippen molar-refractivity contribution in [2.75, 3.05) is 0 Å². The van der Waals surface area contributed by atoms with Crippen LogP contribution >= 0.6 is 0 Å². The van der Waals surface area contributed by atoms with Gasteiger partial charge in [0.15, 0.2) is 0 Å². The summed E-state index contributed by atoms with van der Waals surface area (Å²) in [6.45, 7) is 0.397. The predicted octanol–water partition coefficient (Wildman–Crippen LogP) is 2.88. The van der Waals surface area contributed by atoms with Crippen molar-refractivity contribution in [2.45, 2.75) is 6.61 Å². The van der Waals surface area contributed by atoms with Gasteiger partial charge in [0.1, 0.15) is 30.8 Å². The van der Waals surface area contributed by atoms with Crippen molar-refractivity contribution in [3.63, 3.8) is 0 Å². The molecule has 110 valence electrons. The van der Waals surface area contributed by atoms with Crippen molar-refractivity contribution in [3.8, 4) is 5.75 Å². The topological polar surface area (TPSA) is 52.3 Å². The van der Waals surface area contributed by atoms with Gasteiger partial charge in [0.25, 0.3) is 0 Å². The van der Waals surface area contributed by atoms with Crippen LogP contribution in [0.1, 0.15) is 11.1 Å². The average molecular weight is 296 g/mol. The molecule has 1 aromatic heterocycles. The summed E-state index contributed by atoms with van der Waals surface area (Å²) in [6.07, 6.45) is 4.72. The van der Waals surface area contributed by atoms with Crippen LogP contribution in [0.2, 0.25) is 0 Å². The summed E-state index contributed by atoms with van der Waals surface area (Å²) in [5.41, 5.74) is 1.85. The highest BCUT2D eigenvalue weighted by Gasteiger charge is 1.97. The molecule has 0 saturated carbocycles. The first-order valence-corrected chi connectivity index (χ1v) is 6.66. The monoisotopic (exact) mass is 296 g/mol. The molecule has 6 heteroatoms. The van der Waals surface area contributed by atoms with E-state index in [9.17, 15) is 4.39 Å². The largest absolute Gasteiger partial charge is 0.489 e. The summed E-state index contributed by atoms with van der Waals surface area (Å²) in [6, 6.07) is 13.8. The summed E-state index contributed by atoms with van der Waals surface area (Å²) in [4.78, 5) is 0. The van der Waals surface area contributed by atoms with Crippen LogP contribution in [0.15, 0.2) is 66.3 Å². The van der Waals surface area contributed by atoms with Gasteiger partial charge in [-0.15, -0.1) is 10.2 Å². The zero-order chi connectivity index (χ0) is 15.2.